The molecule has 2 aliphatic heterocycles. The topological polar surface area (TPSA) is 99.5 Å². The van der Waals surface area contributed by atoms with Crippen LogP contribution in [0.25, 0.3) is 0 Å². The van der Waals surface area contributed by atoms with Crippen LogP contribution in [-0.2, 0) is 16.1 Å². The number of carboxylic acids is 1. The quantitative estimate of drug-likeness (QED) is 0.777. The van der Waals surface area contributed by atoms with E-state index in [1.165, 1.54) is 0 Å². The molecule has 0 bridgehead atoms. The zero-order chi connectivity index (χ0) is 22.1. The van der Waals surface area contributed by atoms with E-state index in [0.717, 1.165) is 41.8 Å². The van der Waals surface area contributed by atoms with Crippen molar-refractivity contribution >= 4 is 29.2 Å². The second kappa shape index (κ2) is 8.54. The number of likely N-dealkylation sites (tertiary alicyclic amines) is 1. The molecule has 2 aromatic heterocycles. The Kier molecular flexibility index (Phi) is 6.25. The molecular formula is C18H20F3N5O3S. The molecule has 0 aromatic carbocycles. The van der Waals surface area contributed by atoms with Crippen LogP contribution in [0.2, 0.25) is 0 Å². The van der Waals surface area contributed by atoms with Gasteiger partial charge in [-0.05, 0) is 19.4 Å². The van der Waals surface area contributed by atoms with E-state index in [0.29, 0.717) is 12.5 Å². The van der Waals surface area contributed by atoms with Crippen LogP contribution in [0.3, 0.4) is 0 Å². The number of carbonyl (C=O) groups is 2. The third kappa shape index (κ3) is 5.04. The Balaban J connectivity index is 0.000000318. The van der Waals surface area contributed by atoms with Gasteiger partial charge in [0.25, 0.3) is 0 Å². The van der Waals surface area contributed by atoms with E-state index >= 15 is 0 Å². The molecule has 4 heterocycles. The van der Waals surface area contributed by atoms with Crippen LogP contribution < -0.4 is 4.90 Å². The van der Waals surface area contributed by atoms with E-state index in [-0.39, 0.29) is 11.8 Å². The maximum atomic E-state index is 12.7. The van der Waals surface area contributed by atoms with Gasteiger partial charge in [0.05, 0.1) is 23.2 Å². The van der Waals surface area contributed by atoms with Crippen LogP contribution in [0, 0.1) is 25.7 Å². The maximum absolute atomic E-state index is 12.7. The van der Waals surface area contributed by atoms with Crippen LogP contribution in [0.15, 0.2) is 17.8 Å². The van der Waals surface area contributed by atoms with Gasteiger partial charge >= 0.3 is 12.1 Å². The van der Waals surface area contributed by atoms with Gasteiger partial charge in [0.15, 0.2) is 0 Å². The summed E-state index contributed by atoms with van der Waals surface area (Å²) in [6, 6.07) is 0. The lowest BCUT2D eigenvalue weighted by atomic mass is 10.0. The van der Waals surface area contributed by atoms with Gasteiger partial charge in [-0.2, -0.15) is 13.2 Å². The van der Waals surface area contributed by atoms with Crippen molar-refractivity contribution in [2.45, 2.75) is 26.6 Å². The van der Waals surface area contributed by atoms with Crippen molar-refractivity contribution in [2.75, 3.05) is 24.5 Å². The smallest absolute Gasteiger partial charge is 0.475 e. The Morgan fingerprint density at radius 1 is 1.23 bits per heavy atom. The highest BCUT2D eigenvalue weighted by molar-refractivity contribution is 7.09. The number of carboxylic acid groups (broad SMARTS) is 1. The summed E-state index contributed by atoms with van der Waals surface area (Å²) in [5.41, 5.74) is 2.05. The number of hydrogen-bond donors (Lipinski definition) is 1. The molecule has 1 amide bonds. The number of anilines is 1. The molecule has 162 valence electrons. The second-order valence-corrected chi connectivity index (χ2v) is 8.27. The first-order valence-corrected chi connectivity index (χ1v) is 9.96. The minimum Gasteiger partial charge on any atom is -0.475 e. The number of thiazole rings is 1. The Morgan fingerprint density at radius 3 is 2.37 bits per heavy atom. The van der Waals surface area contributed by atoms with Crippen molar-refractivity contribution in [2.24, 2.45) is 11.8 Å². The molecule has 1 N–H and O–H groups in total. The molecule has 2 saturated heterocycles. The van der Waals surface area contributed by atoms with E-state index in [4.69, 9.17) is 9.90 Å². The van der Waals surface area contributed by atoms with Gasteiger partial charge in [0.1, 0.15) is 0 Å². The van der Waals surface area contributed by atoms with E-state index in [1.807, 2.05) is 36.5 Å². The lowest BCUT2D eigenvalue weighted by Gasteiger charge is -2.21. The van der Waals surface area contributed by atoms with Gasteiger partial charge < -0.3 is 14.9 Å². The summed E-state index contributed by atoms with van der Waals surface area (Å²) in [5.74, 6) is -1.34. The third-order valence-corrected chi connectivity index (χ3v) is 5.66. The molecule has 0 spiro atoms. The first-order chi connectivity index (χ1) is 14.0. The molecule has 0 radical (unpaired) electrons. The van der Waals surface area contributed by atoms with Crippen molar-refractivity contribution in [3.63, 3.8) is 0 Å². The molecule has 2 atom stereocenters. The summed E-state index contributed by atoms with van der Waals surface area (Å²) in [4.78, 5) is 38.9. The molecular weight excluding hydrogens is 423 g/mol. The monoisotopic (exact) mass is 443 g/mol. The first kappa shape index (κ1) is 21.9. The number of aromatic nitrogens is 3. The Labute approximate surface area is 174 Å². The van der Waals surface area contributed by atoms with Gasteiger partial charge in [0, 0.05) is 43.3 Å². The van der Waals surface area contributed by atoms with E-state index < -0.39 is 12.1 Å². The maximum Gasteiger partial charge on any atom is 0.490 e. The molecule has 4 rings (SSSR count). The van der Waals surface area contributed by atoms with Gasteiger partial charge in [-0.15, -0.1) is 11.3 Å². The fourth-order valence-corrected chi connectivity index (χ4v) is 4.08. The number of carbonyl (C=O) groups excluding carboxylic acids is 1. The van der Waals surface area contributed by atoms with Gasteiger partial charge in [-0.3, -0.25) is 4.79 Å². The normalized spacial score (nSPS) is 20.8. The number of aryl methyl sites for hydroxylation is 2. The highest BCUT2D eigenvalue weighted by atomic mass is 32.1. The molecule has 2 fully saturated rings. The van der Waals surface area contributed by atoms with Crippen LogP contribution in [-0.4, -0.2) is 62.6 Å². The molecule has 8 nitrogen and oxygen atoms in total. The number of fused-ring (bicyclic) bond motifs is 1. The van der Waals surface area contributed by atoms with Crippen molar-refractivity contribution in [1.29, 1.82) is 0 Å². The Hall–Kier alpha value is -2.76. The highest BCUT2D eigenvalue weighted by Crippen LogP contribution is 2.34. The van der Waals surface area contributed by atoms with Gasteiger partial charge in [0.2, 0.25) is 11.9 Å². The summed E-state index contributed by atoms with van der Waals surface area (Å²) < 4.78 is 31.7. The van der Waals surface area contributed by atoms with Crippen molar-refractivity contribution in [3.05, 3.63) is 34.0 Å². The van der Waals surface area contributed by atoms with Crippen LogP contribution in [0.1, 0.15) is 16.3 Å². The van der Waals surface area contributed by atoms with Crippen LogP contribution in [0.5, 0.6) is 0 Å². The highest BCUT2D eigenvalue weighted by Gasteiger charge is 2.46. The number of alkyl halides is 3. The molecule has 0 saturated carbocycles. The molecule has 30 heavy (non-hydrogen) atoms. The van der Waals surface area contributed by atoms with Gasteiger partial charge in [-0.1, -0.05) is 0 Å². The zero-order valence-electron chi connectivity index (χ0n) is 16.3. The predicted molar refractivity (Wildman–Crippen MR) is 102 cm³/mol. The van der Waals surface area contributed by atoms with E-state index in [2.05, 4.69) is 19.9 Å². The molecule has 12 heteroatoms. The van der Waals surface area contributed by atoms with Crippen LogP contribution in [0.4, 0.5) is 19.1 Å². The molecule has 2 aliphatic rings. The second-order valence-electron chi connectivity index (χ2n) is 7.21. The summed E-state index contributed by atoms with van der Waals surface area (Å²) in [6.07, 6.45) is -1.43. The largest absolute Gasteiger partial charge is 0.490 e. The van der Waals surface area contributed by atoms with Crippen molar-refractivity contribution in [1.82, 2.24) is 19.9 Å². The van der Waals surface area contributed by atoms with E-state index in [1.54, 1.807) is 11.3 Å². The molecule has 0 unspecified atom stereocenters. The van der Waals surface area contributed by atoms with E-state index in [9.17, 15) is 18.0 Å². The third-order valence-electron chi connectivity index (χ3n) is 4.84. The molecule has 0 aliphatic carbocycles. The molecule has 2 aromatic rings. The van der Waals surface area contributed by atoms with Crippen molar-refractivity contribution in [3.8, 4) is 0 Å². The lowest BCUT2D eigenvalue weighted by Crippen LogP contribution is -2.33. The minimum absolute atomic E-state index is 0.0691. The average Bonchev–Trinajstić information content (AvgIpc) is 3.33. The SMILES string of the molecule is Cc1cnc(N2C[C@H]3CN(Cc4csc(C)n4)C(=O)[C@H]3C2)nc1.O=C(O)C(F)(F)F. The van der Waals surface area contributed by atoms with Crippen LogP contribution >= 0.6 is 11.3 Å². The standard InChI is InChI=1S/C16H19N5OS.C2HF3O2/c1-10-3-17-16(18-4-10)21-6-12-5-20(15(22)14(12)8-21)7-13-9-23-11(2)19-13;3-2(4,5)1(6)7/h3-4,9,12,14H,5-8H2,1-2H3;(H,6,7)/t12-,14+;/m1./s1. The number of rotatable bonds is 3. The first-order valence-electron chi connectivity index (χ1n) is 9.08. The van der Waals surface area contributed by atoms with Gasteiger partial charge in [-0.25, -0.2) is 19.7 Å². The number of hydrogen-bond acceptors (Lipinski definition) is 7. The predicted octanol–water partition coefficient (Wildman–Crippen LogP) is 2.28. The minimum atomic E-state index is -5.08. The number of amides is 1. The Morgan fingerprint density at radius 2 is 1.87 bits per heavy atom. The lowest BCUT2D eigenvalue weighted by molar-refractivity contribution is -0.192. The number of aliphatic carboxylic acids is 1. The summed E-state index contributed by atoms with van der Waals surface area (Å²) in [6.45, 7) is 6.99. The van der Waals surface area contributed by atoms with Crippen molar-refractivity contribution < 1.29 is 27.9 Å². The average molecular weight is 443 g/mol. The fraction of sp³-hybridized carbons (Fsp3) is 0.500. The summed E-state index contributed by atoms with van der Waals surface area (Å²) in [5, 5.41) is 10.2. The number of nitrogens with zero attached hydrogens (tertiary/aromatic N) is 5. The fourth-order valence-electron chi connectivity index (χ4n) is 3.47. The zero-order valence-corrected chi connectivity index (χ0v) is 17.1. The summed E-state index contributed by atoms with van der Waals surface area (Å²) >= 11 is 1.64. The number of halogens is 3. The Bertz CT molecular complexity index is 919. The summed E-state index contributed by atoms with van der Waals surface area (Å²) in [7, 11) is 0.